The quantitative estimate of drug-likeness (QED) is 0.351. The second kappa shape index (κ2) is 11.6. The summed E-state index contributed by atoms with van der Waals surface area (Å²) in [4.78, 5) is 24.2. The van der Waals surface area contributed by atoms with Crippen LogP contribution in [-0.2, 0) is 9.53 Å². The normalized spacial score (nSPS) is 18.7. The predicted molar refractivity (Wildman–Crippen MR) is 151 cm³/mol. The van der Waals surface area contributed by atoms with Crippen molar-refractivity contribution in [2.24, 2.45) is 11.1 Å². The third kappa shape index (κ3) is 5.66. The molecule has 1 aromatic carbocycles. The van der Waals surface area contributed by atoms with Crippen LogP contribution in [0.25, 0.3) is 17.0 Å². The zero-order valence-electron chi connectivity index (χ0n) is 23.6. The van der Waals surface area contributed by atoms with E-state index in [2.05, 4.69) is 0 Å². The van der Waals surface area contributed by atoms with E-state index in [1.165, 1.54) is 14.0 Å². The van der Waals surface area contributed by atoms with Gasteiger partial charge in [-0.3, -0.25) is 4.79 Å². The standard InChI is InChI=1S/C29H37ClF2N4O4/c1-6-7-19(38)11-40-20-8-9-22(30)21(10-20)25-34-24(23(17(3)33)18(4)37)16(2)26(35-25)36-14-28(15-36)12-29(13-28,39-5)27(31)32/h8-10,19,27,38H,6-7,11-15,33H2,1-5H3/t19-/m1/s1. The van der Waals surface area contributed by atoms with Crippen LogP contribution in [0.3, 0.4) is 0 Å². The lowest BCUT2D eigenvalue weighted by Crippen LogP contribution is -2.70. The van der Waals surface area contributed by atoms with Gasteiger partial charge in [-0.15, -0.1) is 0 Å². The van der Waals surface area contributed by atoms with Crippen molar-refractivity contribution in [1.29, 1.82) is 0 Å². The SMILES string of the molecule is CCC[C@@H](O)COc1ccc(Cl)c(-c2nc(C(C(C)=O)=C(C)N)c(C)c(N3CC4(C3)CC(OC)(C(F)F)C4)n2)c1. The highest BCUT2D eigenvalue weighted by molar-refractivity contribution is 6.33. The van der Waals surface area contributed by atoms with E-state index < -0.39 is 18.1 Å². The summed E-state index contributed by atoms with van der Waals surface area (Å²) in [5.74, 6) is 1.10. The number of hydrogen-bond donors (Lipinski definition) is 2. The first-order valence-electron chi connectivity index (χ1n) is 13.4. The number of aliphatic hydroxyl groups excluding tert-OH is 1. The van der Waals surface area contributed by atoms with E-state index in [4.69, 9.17) is 36.8 Å². The minimum absolute atomic E-state index is 0.126. The molecule has 1 spiro atoms. The van der Waals surface area contributed by atoms with Gasteiger partial charge in [-0.1, -0.05) is 24.9 Å². The van der Waals surface area contributed by atoms with Gasteiger partial charge < -0.3 is 25.2 Å². The number of aliphatic hydroxyl groups is 1. The first-order valence-corrected chi connectivity index (χ1v) is 13.8. The number of ketones is 1. The number of carbonyl (C=O) groups excluding carboxylic acids is 1. The average Bonchev–Trinajstić information content (AvgIpc) is 2.83. The molecule has 0 unspecified atom stereocenters. The fourth-order valence-corrected chi connectivity index (χ4v) is 6.13. The molecule has 1 aliphatic carbocycles. The molecule has 40 heavy (non-hydrogen) atoms. The molecule has 4 rings (SSSR count). The van der Waals surface area contributed by atoms with Gasteiger partial charge in [-0.05, 0) is 58.2 Å². The van der Waals surface area contributed by atoms with Gasteiger partial charge in [0.2, 0.25) is 0 Å². The Hall–Kier alpha value is -2.82. The molecule has 1 aliphatic heterocycles. The van der Waals surface area contributed by atoms with Gasteiger partial charge in [0.15, 0.2) is 11.6 Å². The van der Waals surface area contributed by atoms with Gasteiger partial charge in [0.05, 0.1) is 22.4 Å². The summed E-state index contributed by atoms with van der Waals surface area (Å²) < 4.78 is 38.2. The van der Waals surface area contributed by atoms with Crippen LogP contribution in [0.1, 0.15) is 57.7 Å². The summed E-state index contributed by atoms with van der Waals surface area (Å²) >= 11 is 6.59. The van der Waals surface area contributed by atoms with Gasteiger partial charge in [0.1, 0.15) is 23.8 Å². The molecule has 2 fully saturated rings. The monoisotopic (exact) mass is 578 g/mol. The number of methoxy groups -OCH3 is 1. The zero-order valence-corrected chi connectivity index (χ0v) is 24.3. The Morgan fingerprint density at radius 2 is 1.93 bits per heavy atom. The Morgan fingerprint density at radius 1 is 1.25 bits per heavy atom. The molecule has 1 atom stereocenters. The number of anilines is 1. The van der Waals surface area contributed by atoms with Crippen molar-refractivity contribution in [2.45, 2.75) is 71.5 Å². The van der Waals surface area contributed by atoms with E-state index in [1.54, 1.807) is 25.1 Å². The second-order valence-electron chi connectivity index (χ2n) is 11.1. The fraction of sp³-hybridized carbons (Fsp3) is 0.552. The number of carbonyl (C=O) groups is 1. The van der Waals surface area contributed by atoms with Crippen LogP contribution in [0.5, 0.6) is 5.75 Å². The van der Waals surface area contributed by atoms with Crippen LogP contribution < -0.4 is 15.4 Å². The molecule has 1 aromatic heterocycles. The highest BCUT2D eigenvalue weighted by Gasteiger charge is 2.64. The summed E-state index contributed by atoms with van der Waals surface area (Å²) in [5.41, 5.74) is 6.58. The van der Waals surface area contributed by atoms with E-state index in [0.29, 0.717) is 58.6 Å². The molecule has 3 N–H and O–H groups in total. The molecule has 11 heteroatoms. The third-order valence-corrected chi connectivity index (χ3v) is 8.18. The smallest absolute Gasteiger partial charge is 0.267 e. The molecule has 0 radical (unpaired) electrons. The highest BCUT2D eigenvalue weighted by Crippen LogP contribution is 2.58. The molecule has 0 amide bonds. The maximum Gasteiger partial charge on any atom is 0.267 e. The van der Waals surface area contributed by atoms with Gasteiger partial charge in [-0.25, -0.2) is 18.7 Å². The summed E-state index contributed by atoms with van der Waals surface area (Å²) in [6.07, 6.45) is -1.16. The van der Waals surface area contributed by atoms with Crippen LogP contribution >= 0.6 is 11.6 Å². The van der Waals surface area contributed by atoms with E-state index in [1.807, 2.05) is 18.7 Å². The number of alkyl halides is 2. The van der Waals surface area contributed by atoms with Crippen molar-refractivity contribution in [3.05, 3.63) is 40.2 Å². The second-order valence-corrected chi connectivity index (χ2v) is 11.5. The number of nitrogens with zero attached hydrogens (tertiary/aromatic N) is 3. The predicted octanol–water partition coefficient (Wildman–Crippen LogP) is 5.17. The van der Waals surface area contributed by atoms with Crippen molar-refractivity contribution in [1.82, 2.24) is 9.97 Å². The number of rotatable bonds is 11. The van der Waals surface area contributed by atoms with Crippen molar-refractivity contribution in [3.63, 3.8) is 0 Å². The zero-order chi connectivity index (χ0) is 29.4. The average molecular weight is 579 g/mol. The van der Waals surface area contributed by atoms with Crippen LogP contribution in [0.15, 0.2) is 23.9 Å². The lowest BCUT2D eigenvalue weighted by atomic mass is 9.55. The molecule has 8 nitrogen and oxygen atoms in total. The van der Waals surface area contributed by atoms with Crippen LogP contribution in [0, 0.1) is 12.3 Å². The number of ether oxygens (including phenoxy) is 2. The summed E-state index contributed by atoms with van der Waals surface area (Å²) in [6, 6.07) is 5.07. The summed E-state index contributed by atoms with van der Waals surface area (Å²) in [5, 5.41) is 10.5. The first-order chi connectivity index (χ1) is 18.8. The minimum Gasteiger partial charge on any atom is -0.491 e. The molecular weight excluding hydrogens is 542 g/mol. The maximum absolute atomic E-state index is 13.6. The van der Waals surface area contributed by atoms with E-state index in [9.17, 15) is 18.7 Å². The van der Waals surface area contributed by atoms with Crippen LogP contribution in [-0.4, -0.2) is 65.8 Å². The Bertz CT molecular complexity index is 1300. The number of benzene rings is 1. The maximum atomic E-state index is 13.6. The fourth-order valence-electron chi connectivity index (χ4n) is 5.92. The summed E-state index contributed by atoms with van der Waals surface area (Å²) in [7, 11) is 1.33. The van der Waals surface area contributed by atoms with E-state index in [-0.39, 0.29) is 42.0 Å². The topological polar surface area (TPSA) is 111 Å². The third-order valence-electron chi connectivity index (χ3n) is 7.85. The van der Waals surface area contributed by atoms with Crippen molar-refractivity contribution in [2.75, 3.05) is 31.7 Å². The van der Waals surface area contributed by atoms with Gasteiger partial charge >= 0.3 is 0 Å². The Labute approximate surface area is 238 Å². The van der Waals surface area contributed by atoms with E-state index >= 15 is 0 Å². The van der Waals surface area contributed by atoms with Gasteiger partial charge in [-0.2, -0.15) is 0 Å². The minimum atomic E-state index is -2.55. The van der Waals surface area contributed by atoms with Crippen LogP contribution in [0.4, 0.5) is 14.6 Å². The van der Waals surface area contributed by atoms with Gasteiger partial charge in [0, 0.05) is 42.4 Å². The molecule has 2 aromatic rings. The molecular formula is C29H37ClF2N4O4. The van der Waals surface area contributed by atoms with Crippen molar-refractivity contribution >= 4 is 28.8 Å². The van der Waals surface area contributed by atoms with Crippen LogP contribution in [0.2, 0.25) is 5.02 Å². The number of hydrogen-bond acceptors (Lipinski definition) is 8. The molecule has 0 bridgehead atoms. The Morgan fingerprint density at radius 3 is 2.48 bits per heavy atom. The Balaban J connectivity index is 1.72. The molecule has 2 aliphatic rings. The van der Waals surface area contributed by atoms with Crippen molar-refractivity contribution in [3.8, 4) is 17.1 Å². The molecule has 1 saturated heterocycles. The van der Waals surface area contributed by atoms with E-state index in [0.717, 1.165) is 6.42 Å². The number of Topliss-reactive ketones (excluding diaryl/α,β-unsaturated/α-hetero) is 1. The first kappa shape index (κ1) is 30.1. The lowest BCUT2D eigenvalue weighted by molar-refractivity contribution is -0.225. The largest absolute Gasteiger partial charge is 0.491 e. The number of nitrogens with two attached hydrogens (primary N) is 1. The number of halogens is 3. The highest BCUT2D eigenvalue weighted by atomic mass is 35.5. The number of aromatic nitrogens is 2. The number of allylic oxidation sites excluding steroid dienone is 2. The van der Waals surface area contributed by atoms with Gasteiger partial charge in [0.25, 0.3) is 6.43 Å². The van der Waals surface area contributed by atoms with Crippen molar-refractivity contribution < 1.29 is 28.2 Å². The summed E-state index contributed by atoms with van der Waals surface area (Å²) in [6.45, 7) is 8.04. The molecule has 218 valence electrons. The lowest BCUT2D eigenvalue weighted by Gasteiger charge is -2.63. The molecule has 2 heterocycles. The Kier molecular flexibility index (Phi) is 8.73. The molecule has 1 saturated carbocycles.